The Morgan fingerprint density at radius 3 is 2.76 bits per heavy atom. The van der Waals surface area contributed by atoms with Gasteiger partial charge in [-0.2, -0.15) is 5.10 Å². The summed E-state index contributed by atoms with van der Waals surface area (Å²) in [6.45, 7) is 0.618. The van der Waals surface area contributed by atoms with Crippen LogP contribution in [0.25, 0.3) is 0 Å². The molecule has 0 radical (unpaired) electrons. The number of amides is 1. The zero-order valence-corrected chi connectivity index (χ0v) is 13.9. The minimum Gasteiger partial charge on any atom is -0.491 e. The summed E-state index contributed by atoms with van der Waals surface area (Å²) in [5, 5.41) is 16.4. The normalized spacial score (nSPS) is 11.8. The van der Waals surface area contributed by atoms with E-state index in [-0.39, 0.29) is 30.9 Å². The van der Waals surface area contributed by atoms with Crippen LogP contribution in [0.1, 0.15) is 10.5 Å². The monoisotopic (exact) mass is 347 g/mol. The van der Waals surface area contributed by atoms with Crippen molar-refractivity contribution >= 4 is 5.91 Å². The van der Waals surface area contributed by atoms with Gasteiger partial charge in [0.15, 0.2) is 0 Å². The van der Waals surface area contributed by atoms with Gasteiger partial charge in [-0.25, -0.2) is 4.68 Å². The zero-order valence-electron chi connectivity index (χ0n) is 13.9. The summed E-state index contributed by atoms with van der Waals surface area (Å²) in [5.41, 5.74) is -0.225. The molecule has 1 amide bonds. The number of carbonyl (C=O) groups is 1. The average Bonchev–Trinajstić information content (AvgIpc) is 2.64. The van der Waals surface area contributed by atoms with Crippen LogP contribution in [0.15, 0.2) is 47.3 Å². The fourth-order valence-corrected chi connectivity index (χ4v) is 1.98. The minimum absolute atomic E-state index is 0.00451. The number of ether oxygens (including phenoxy) is 2. The highest BCUT2D eigenvalue weighted by molar-refractivity contribution is 5.91. The lowest BCUT2D eigenvalue weighted by molar-refractivity contribution is 0.0837. The van der Waals surface area contributed by atoms with E-state index in [0.29, 0.717) is 12.4 Å². The van der Waals surface area contributed by atoms with E-state index in [4.69, 9.17) is 9.47 Å². The van der Waals surface area contributed by atoms with Gasteiger partial charge in [-0.05, 0) is 18.2 Å². The van der Waals surface area contributed by atoms with E-state index in [1.165, 1.54) is 19.2 Å². The summed E-state index contributed by atoms with van der Waals surface area (Å²) in [6.07, 6.45) is -0.872. The van der Waals surface area contributed by atoms with Crippen molar-refractivity contribution in [3.63, 3.8) is 0 Å². The van der Waals surface area contributed by atoms with Crippen molar-refractivity contribution in [2.24, 2.45) is 0 Å². The molecule has 8 heteroatoms. The molecule has 1 aromatic carbocycles. The lowest BCUT2D eigenvalue weighted by Gasteiger charge is -2.13. The summed E-state index contributed by atoms with van der Waals surface area (Å²) in [4.78, 5) is 23.7. The second-order valence-corrected chi connectivity index (χ2v) is 5.26. The Hall–Kier alpha value is -2.71. The Bertz CT molecular complexity index is 733. The van der Waals surface area contributed by atoms with Crippen molar-refractivity contribution < 1.29 is 19.4 Å². The van der Waals surface area contributed by atoms with Crippen LogP contribution < -0.4 is 15.6 Å². The lowest BCUT2D eigenvalue weighted by atomic mass is 10.3. The first-order valence-corrected chi connectivity index (χ1v) is 7.81. The third-order valence-electron chi connectivity index (χ3n) is 3.29. The molecule has 1 atom stereocenters. The van der Waals surface area contributed by atoms with Crippen LogP contribution in [0.3, 0.4) is 0 Å². The van der Waals surface area contributed by atoms with Gasteiger partial charge in [0.25, 0.3) is 11.5 Å². The van der Waals surface area contributed by atoms with Gasteiger partial charge in [-0.3, -0.25) is 9.59 Å². The van der Waals surface area contributed by atoms with Crippen molar-refractivity contribution in [2.75, 3.05) is 26.9 Å². The molecular weight excluding hydrogens is 326 g/mol. The summed E-state index contributed by atoms with van der Waals surface area (Å²) < 4.78 is 11.5. The molecule has 2 rings (SSSR count). The Kier molecular flexibility index (Phi) is 7.12. The maximum absolute atomic E-state index is 12.1. The van der Waals surface area contributed by atoms with Crippen molar-refractivity contribution in [3.8, 4) is 5.75 Å². The number of hydrogen-bond acceptors (Lipinski definition) is 6. The van der Waals surface area contributed by atoms with Gasteiger partial charge in [-0.1, -0.05) is 18.2 Å². The number of aromatic nitrogens is 2. The molecule has 0 aliphatic rings. The number of carbonyl (C=O) groups excluding carboxylic acids is 1. The molecule has 134 valence electrons. The Morgan fingerprint density at radius 2 is 2.04 bits per heavy atom. The number of nitrogens with zero attached hydrogens (tertiary/aromatic N) is 2. The fourth-order valence-electron chi connectivity index (χ4n) is 1.98. The van der Waals surface area contributed by atoms with E-state index in [0.717, 1.165) is 4.68 Å². The smallest absolute Gasteiger partial charge is 0.271 e. The Morgan fingerprint density at radius 1 is 1.28 bits per heavy atom. The second kappa shape index (κ2) is 9.55. The molecular formula is C17H21N3O5. The number of hydrogen-bond donors (Lipinski definition) is 2. The third-order valence-corrected chi connectivity index (χ3v) is 3.29. The van der Waals surface area contributed by atoms with Crippen molar-refractivity contribution in [1.82, 2.24) is 15.1 Å². The summed E-state index contributed by atoms with van der Waals surface area (Å²) >= 11 is 0. The number of para-hydroxylation sites is 1. The van der Waals surface area contributed by atoms with Gasteiger partial charge < -0.3 is 19.9 Å². The molecule has 1 aromatic heterocycles. The SMILES string of the molecule is COCCn1nc(C(=O)NCC(O)COc2ccccc2)ccc1=O. The van der Waals surface area contributed by atoms with Crippen LogP contribution in [-0.4, -0.2) is 53.8 Å². The number of nitrogens with one attached hydrogen (secondary N) is 1. The molecule has 2 N–H and O–H groups in total. The van der Waals surface area contributed by atoms with Gasteiger partial charge in [0, 0.05) is 19.7 Å². The molecule has 0 bridgehead atoms. The summed E-state index contributed by atoms with van der Waals surface area (Å²) in [5.74, 6) is 0.157. The molecule has 0 fully saturated rings. The van der Waals surface area contributed by atoms with Crippen molar-refractivity contribution in [3.05, 3.63) is 58.5 Å². The molecule has 1 unspecified atom stereocenters. The molecule has 2 aromatic rings. The molecule has 25 heavy (non-hydrogen) atoms. The maximum atomic E-state index is 12.1. The van der Waals surface area contributed by atoms with Crippen LogP contribution in [0.4, 0.5) is 0 Å². The summed E-state index contributed by atoms with van der Waals surface area (Å²) in [7, 11) is 1.51. The fraction of sp³-hybridized carbons (Fsp3) is 0.353. The first kappa shape index (κ1) is 18.6. The molecule has 0 aliphatic heterocycles. The Labute approximate surface area is 145 Å². The van der Waals surface area contributed by atoms with Crippen LogP contribution in [0.5, 0.6) is 5.75 Å². The second-order valence-electron chi connectivity index (χ2n) is 5.26. The number of rotatable bonds is 9. The Balaban J connectivity index is 1.84. The van der Waals surface area contributed by atoms with Crippen LogP contribution >= 0.6 is 0 Å². The molecule has 1 heterocycles. The standard InChI is InChI=1S/C17H21N3O5/c1-24-10-9-20-16(22)8-7-15(19-20)17(23)18-11-13(21)12-25-14-5-3-2-4-6-14/h2-8,13,21H,9-12H2,1H3,(H,18,23). The van der Waals surface area contributed by atoms with Crippen LogP contribution in [-0.2, 0) is 11.3 Å². The maximum Gasteiger partial charge on any atom is 0.271 e. The lowest BCUT2D eigenvalue weighted by Crippen LogP contribution is -2.37. The van der Waals surface area contributed by atoms with Crippen LogP contribution in [0.2, 0.25) is 0 Å². The van der Waals surface area contributed by atoms with E-state index >= 15 is 0 Å². The van der Waals surface area contributed by atoms with E-state index in [9.17, 15) is 14.7 Å². The van der Waals surface area contributed by atoms with E-state index in [1.54, 1.807) is 12.1 Å². The topological polar surface area (TPSA) is 103 Å². The van der Waals surface area contributed by atoms with Crippen molar-refractivity contribution in [2.45, 2.75) is 12.6 Å². The van der Waals surface area contributed by atoms with E-state index in [2.05, 4.69) is 10.4 Å². The first-order valence-electron chi connectivity index (χ1n) is 7.81. The number of aliphatic hydroxyl groups excluding tert-OH is 1. The number of aliphatic hydroxyl groups is 1. The number of methoxy groups -OCH3 is 1. The van der Waals surface area contributed by atoms with E-state index in [1.807, 2.05) is 18.2 Å². The highest BCUT2D eigenvalue weighted by Gasteiger charge is 2.12. The zero-order chi connectivity index (χ0) is 18.1. The minimum atomic E-state index is -0.872. The largest absolute Gasteiger partial charge is 0.491 e. The molecule has 0 saturated carbocycles. The van der Waals surface area contributed by atoms with E-state index < -0.39 is 12.0 Å². The van der Waals surface area contributed by atoms with Crippen LogP contribution in [0, 0.1) is 0 Å². The average molecular weight is 347 g/mol. The molecule has 0 spiro atoms. The summed E-state index contributed by atoms with van der Waals surface area (Å²) in [6, 6.07) is 11.7. The molecule has 8 nitrogen and oxygen atoms in total. The molecule has 0 saturated heterocycles. The van der Waals surface area contributed by atoms with Gasteiger partial charge in [0.2, 0.25) is 0 Å². The number of benzene rings is 1. The van der Waals surface area contributed by atoms with Gasteiger partial charge >= 0.3 is 0 Å². The molecule has 0 aliphatic carbocycles. The highest BCUT2D eigenvalue weighted by atomic mass is 16.5. The predicted octanol–water partition coefficient (Wildman–Crippen LogP) is 0.0594. The van der Waals surface area contributed by atoms with Gasteiger partial charge in [0.05, 0.1) is 13.2 Å². The third kappa shape index (κ3) is 6.02. The van der Waals surface area contributed by atoms with Gasteiger partial charge in [-0.15, -0.1) is 0 Å². The predicted molar refractivity (Wildman–Crippen MR) is 90.7 cm³/mol. The highest BCUT2D eigenvalue weighted by Crippen LogP contribution is 2.08. The van der Waals surface area contributed by atoms with Crippen molar-refractivity contribution in [1.29, 1.82) is 0 Å². The van der Waals surface area contributed by atoms with Gasteiger partial charge in [0.1, 0.15) is 24.2 Å². The first-order chi connectivity index (χ1) is 12.1. The quantitative estimate of drug-likeness (QED) is 0.665.